The van der Waals surface area contributed by atoms with Crippen molar-refractivity contribution in [1.29, 1.82) is 0 Å². The van der Waals surface area contributed by atoms with Crippen molar-refractivity contribution in [3.63, 3.8) is 0 Å². The summed E-state index contributed by atoms with van der Waals surface area (Å²) in [4.78, 5) is 8.05. The molecule has 0 atom stereocenters. The third kappa shape index (κ3) is 4.61. The predicted octanol–water partition coefficient (Wildman–Crippen LogP) is 2.57. The second-order valence-corrected chi connectivity index (χ2v) is 8.92. The monoisotopic (exact) mass is 473 g/mol. The molecule has 2 aromatic heterocycles. The summed E-state index contributed by atoms with van der Waals surface area (Å²) >= 11 is 0. The highest BCUT2D eigenvalue weighted by atomic mass is 19.1. The molecule has 0 aliphatic carbocycles. The van der Waals surface area contributed by atoms with Crippen molar-refractivity contribution >= 4 is 24.2 Å². The first kappa shape index (κ1) is 24.1. The molecule has 2 N–H and O–H groups in total. The van der Waals surface area contributed by atoms with Gasteiger partial charge in [0.15, 0.2) is 11.6 Å². The number of ether oxygens (including phenoxy) is 1. The summed E-state index contributed by atoms with van der Waals surface area (Å²) in [7, 11) is 0.849. The minimum atomic E-state index is -0.811. The van der Waals surface area contributed by atoms with Crippen LogP contribution in [0.5, 0.6) is 5.75 Å². The third-order valence-corrected chi connectivity index (χ3v) is 5.94. The maximum absolute atomic E-state index is 14.9. The molecule has 0 bridgehead atoms. The number of pyridine rings is 1. The molecule has 1 aliphatic heterocycles. The lowest BCUT2D eigenvalue weighted by Gasteiger charge is -2.32. The molecule has 3 heterocycles. The summed E-state index contributed by atoms with van der Waals surface area (Å²) < 4.78 is 47.2. The molecule has 3 aromatic rings. The number of aliphatic hydroxyl groups is 1. The van der Waals surface area contributed by atoms with Gasteiger partial charge in [-0.05, 0) is 45.9 Å². The molecular formula is C22H26BF2N5O4. The number of rotatable bonds is 7. The van der Waals surface area contributed by atoms with Gasteiger partial charge in [-0.2, -0.15) is 9.37 Å². The highest BCUT2D eigenvalue weighted by molar-refractivity contribution is 6.62. The van der Waals surface area contributed by atoms with Gasteiger partial charge in [0.1, 0.15) is 12.4 Å². The van der Waals surface area contributed by atoms with Gasteiger partial charge in [0.05, 0.1) is 17.8 Å². The molecule has 0 spiro atoms. The van der Waals surface area contributed by atoms with Crippen molar-refractivity contribution < 1.29 is 27.9 Å². The number of nitrogens with one attached hydrogen (secondary N) is 1. The predicted molar refractivity (Wildman–Crippen MR) is 122 cm³/mol. The Bertz CT molecular complexity index is 1190. The van der Waals surface area contributed by atoms with Crippen molar-refractivity contribution in [3.05, 3.63) is 42.2 Å². The number of anilines is 2. The van der Waals surface area contributed by atoms with Crippen LogP contribution >= 0.6 is 0 Å². The number of aryl methyl sites for hydroxylation is 1. The number of hydrogen-bond donors (Lipinski definition) is 2. The molecule has 4 rings (SSSR count). The van der Waals surface area contributed by atoms with Crippen LogP contribution in [0.25, 0.3) is 11.4 Å². The molecule has 12 heteroatoms. The Morgan fingerprint density at radius 3 is 2.50 bits per heavy atom. The SMILES string of the molecule is Cn1nc(-c2cnc(F)c(OCCO)c2)nc1Nc1ccc(B2OC(C)(C)C(C)(C)O2)c(F)c1. The normalized spacial score (nSPS) is 16.6. The first-order valence-corrected chi connectivity index (χ1v) is 10.7. The highest BCUT2D eigenvalue weighted by Crippen LogP contribution is 2.36. The van der Waals surface area contributed by atoms with Crippen LogP contribution < -0.4 is 15.5 Å². The topological polar surface area (TPSA) is 104 Å². The molecule has 1 fully saturated rings. The van der Waals surface area contributed by atoms with Gasteiger partial charge in [-0.3, -0.25) is 0 Å². The number of aliphatic hydroxyl groups excluding tert-OH is 1. The Morgan fingerprint density at radius 1 is 1.15 bits per heavy atom. The summed E-state index contributed by atoms with van der Waals surface area (Å²) in [5.74, 6) is -0.808. The van der Waals surface area contributed by atoms with Crippen LogP contribution in [0.15, 0.2) is 30.5 Å². The van der Waals surface area contributed by atoms with Crippen LogP contribution in [-0.4, -0.2) is 56.4 Å². The average molecular weight is 473 g/mol. The summed E-state index contributed by atoms with van der Waals surface area (Å²) in [6, 6.07) is 6.02. The molecule has 0 radical (unpaired) electrons. The fraction of sp³-hybridized carbons (Fsp3) is 0.409. The lowest BCUT2D eigenvalue weighted by molar-refractivity contribution is 0.00578. The van der Waals surface area contributed by atoms with Crippen LogP contribution in [0.1, 0.15) is 27.7 Å². The van der Waals surface area contributed by atoms with Crippen molar-refractivity contribution in [3.8, 4) is 17.1 Å². The van der Waals surface area contributed by atoms with Crippen LogP contribution in [0.2, 0.25) is 0 Å². The van der Waals surface area contributed by atoms with E-state index in [-0.39, 0.29) is 24.8 Å². The van der Waals surface area contributed by atoms with E-state index in [1.165, 1.54) is 23.0 Å². The molecule has 34 heavy (non-hydrogen) atoms. The summed E-state index contributed by atoms with van der Waals surface area (Å²) in [6.07, 6.45) is 1.28. The van der Waals surface area contributed by atoms with E-state index >= 15 is 0 Å². The van der Waals surface area contributed by atoms with Crippen molar-refractivity contribution in [1.82, 2.24) is 19.7 Å². The molecule has 1 aromatic carbocycles. The molecule has 1 aliphatic rings. The third-order valence-electron chi connectivity index (χ3n) is 5.94. The lowest BCUT2D eigenvalue weighted by Crippen LogP contribution is -2.41. The fourth-order valence-electron chi connectivity index (χ4n) is 3.32. The number of aromatic nitrogens is 4. The van der Waals surface area contributed by atoms with E-state index in [1.807, 2.05) is 27.7 Å². The second kappa shape index (κ2) is 8.93. The summed E-state index contributed by atoms with van der Waals surface area (Å²) in [5, 5.41) is 16.2. The highest BCUT2D eigenvalue weighted by Gasteiger charge is 2.52. The van der Waals surface area contributed by atoms with Gasteiger partial charge in [0.2, 0.25) is 5.95 Å². The van der Waals surface area contributed by atoms with E-state index < -0.39 is 30.1 Å². The van der Waals surface area contributed by atoms with Crippen LogP contribution in [0, 0.1) is 11.8 Å². The second-order valence-electron chi connectivity index (χ2n) is 8.92. The molecular weight excluding hydrogens is 447 g/mol. The molecule has 0 saturated carbocycles. The Balaban J connectivity index is 1.53. The van der Waals surface area contributed by atoms with Gasteiger partial charge < -0.3 is 24.5 Å². The standard InChI is InChI=1S/C22H26BF2N5O4/c1-21(2)22(3,4)34-23(33-21)15-7-6-14(11-16(15)24)27-20-28-19(29-30(20)5)13-10-17(32-9-8-31)18(25)26-12-13/h6-7,10-12,31H,8-9H2,1-5H3,(H,27,28,29). The number of hydrogen-bond acceptors (Lipinski definition) is 8. The lowest BCUT2D eigenvalue weighted by atomic mass is 9.78. The minimum Gasteiger partial charge on any atom is -0.486 e. The first-order valence-electron chi connectivity index (χ1n) is 10.7. The molecule has 9 nitrogen and oxygen atoms in total. The van der Waals surface area contributed by atoms with Gasteiger partial charge in [-0.1, -0.05) is 6.07 Å². The van der Waals surface area contributed by atoms with Gasteiger partial charge in [0.25, 0.3) is 5.95 Å². The van der Waals surface area contributed by atoms with Gasteiger partial charge >= 0.3 is 7.12 Å². The minimum absolute atomic E-state index is 0.0714. The smallest absolute Gasteiger partial charge is 0.486 e. The molecule has 0 unspecified atom stereocenters. The fourth-order valence-corrected chi connectivity index (χ4v) is 3.32. The van der Waals surface area contributed by atoms with Crippen molar-refractivity contribution in [2.75, 3.05) is 18.5 Å². The zero-order valence-corrected chi connectivity index (χ0v) is 19.6. The maximum atomic E-state index is 14.9. The van der Waals surface area contributed by atoms with E-state index in [0.717, 1.165) is 0 Å². The van der Waals surface area contributed by atoms with Gasteiger partial charge in [-0.25, -0.2) is 14.1 Å². The zero-order valence-electron chi connectivity index (χ0n) is 19.6. The van der Waals surface area contributed by atoms with Gasteiger partial charge in [0, 0.05) is 30.0 Å². The quantitative estimate of drug-likeness (QED) is 0.399. The van der Waals surface area contributed by atoms with Crippen LogP contribution in [0.4, 0.5) is 20.4 Å². The number of halogens is 2. The summed E-state index contributed by atoms with van der Waals surface area (Å²) in [5.41, 5.74) is 0.0164. The van der Waals surface area contributed by atoms with Crippen molar-refractivity contribution in [2.45, 2.75) is 38.9 Å². The maximum Gasteiger partial charge on any atom is 0.497 e. The van der Waals surface area contributed by atoms with E-state index in [9.17, 15) is 8.78 Å². The largest absolute Gasteiger partial charge is 0.497 e. The van der Waals surface area contributed by atoms with Crippen LogP contribution in [0.3, 0.4) is 0 Å². The molecule has 180 valence electrons. The Hall–Kier alpha value is -3.09. The molecule has 1 saturated heterocycles. The molecule has 0 amide bonds. The number of nitrogens with zero attached hydrogens (tertiary/aromatic N) is 4. The first-order chi connectivity index (χ1) is 16.0. The van der Waals surface area contributed by atoms with E-state index in [4.69, 9.17) is 19.2 Å². The van der Waals surface area contributed by atoms with Crippen molar-refractivity contribution in [2.24, 2.45) is 7.05 Å². The number of benzene rings is 1. The van der Waals surface area contributed by atoms with E-state index in [2.05, 4.69) is 20.4 Å². The van der Waals surface area contributed by atoms with E-state index in [1.54, 1.807) is 19.2 Å². The Labute approximate surface area is 196 Å². The Kier molecular flexibility index (Phi) is 6.32. The average Bonchev–Trinajstić information content (AvgIpc) is 3.22. The Morgan fingerprint density at radius 2 is 1.85 bits per heavy atom. The summed E-state index contributed by atoms with van der Waals surface area (Å²) in [6.45, 7) is 7.30. The zero-order chi connectivity index (χ0) is 24.7. The van der Waals surface area contributed by atoms with E-state index in [0.29, 0.717) is 22.7 Å². The van der Waals surface area contributed by atoms with Gasteiger partial charge in [-0.15, -0.1) is 5.10 Å². The van der Waals surface area contributed by atoms with Crippen LogP contribution in [-0.2, 0) is 16.4 Å².